The Bertz CT molecular complexity index is 379. The quantitative estimate of drug-likeness (QED) is 0.266. The molecular weight excluding hydrogens is 285 g/mol. The predicted molar refractivity (Wildman–Crippen MR) is 74.2 cm³/mol. The molecule has 0 heterocycles. The van der Waals surface area contributed by atoms with Gasteiger partial charge in [-0.1, -0.05) is 12.1 Å². The summed E-state index contributed by atoms with van der Waals surface area (Å²) in [5.41, 5.74) is 0.663. The Morgan fingerprint density at radius 3 is 2.05 bits per heavy atom. The van der Waals surface area contributed by atoms with E-state index in [2.05, 4.69) is 5.16 Å². The average molecular weight is 308 g/mol. The molecule has 0 bridgehead atoms. The van der Waals surface area contributed by atoms with Crippen LogP contribution in [-0.2, 0) is 23.2 Å². The van der Waals surface area contributed by atoms with E-state index < -0.39 is 13.5 Å². The number of rotatable bonds is 10. The summed E-state index contributed by atoms with van der Waals surface area (Å²) >= 11 is 0. The average Bonchev–Trinajstić information content (AvgIpc) is 2.34. The van der Waals surface area contributed by atoms with Gasteiger partial charge in [0, 0.05) is 0 Å². The highest BCUT2D eigenvalue weighted by Crippen LogP contribution is 2.56. The highest BCUT2D eigenvalue weighted by molar-refractivity contribution is 7.58. The maximum absolute atomic E-state index is 12.6. The van der Waals surface area contributed by atoms with Crippen molar-refractivity contribution in [3.63, 3.8) is 0 Å². The van der Waals surface area contributed by atoms with Gasteiger partial charge in [-0.25, -0.2) is 0 Å². The van der Waals surface area contributed by atoms with E-state index in [1.165, 1.54) is 0 Å². The van der Waals surface area contributed by atoms with Gasteiger partial charge in [0.25, 0.3) is 0 Å². The van der Waals surface area contributed by atoms with E-state index in [-0.39, 0.29) is 31.7 Å². The van der Waals surface area contributed by atoms with Crippen molar-refractivity contribution in [2.75, 3.05) is 26.4 Å². The summed E-state index contributed by atoms with van der Waals surface area (Å²) in [6, 6.07) is 0. The molecule has 0 atom stereocenters. The lowest BCUT2D eigenvalue weighted by molar-refractivity contribution is -0.358. The zero-order valence-electron chi connectivity index (χ0n) is 12.7. The zero-order valence-corrected chi connectivity index (χ0v) is 13.6. The van der Waals surface area contributed by atoms with Gasteiger partial charge in [-0.15, -0.1) is 0 Å². The van der Waals surface area contributed by atoms with E-state index in [1.54, 1.807) is 34.6 Å². The fourth-order valence-corrected chi connectivity index (χ4v) is 2.79. The van der Waals surface area contributed by atoms with Crippen LogP contribution >= 0.6 is 7.60 Å². The van der Waals surface area contributed by atoms with Gasteiger partial charge in [-0.2, -0.15) is 0 Å². The Balaban J connectivity index is 5.31. The van der Waals surface area contributed by atoms with Gasteiger partial charge in [0.15, 0.2) is 6.61 Å². The molecule has 0 radical (unpaired) electrons. The van der Waals surface area contributed by atoms with Crippen molar-refractivity contribution in [2.24, 2.45) is 5.16 Å². The molecule has 0 amide bonds. The number of nitrogens with zero attached hydrogens (tertiary/aromatic N) is 1. The molecule has 0 aromatic carbocycles. The van der Waals surface area contributed by atoms with Crippen LogP contribution < -0.4 is 5.11 Å². The summed E-state index contributed by atoms with van der Waals surface area (Å²) in [5, 5.41) is 15.4. The van der Waals surface area contributed by atoms with Crippen molar-refractivity contribution in [2.45, 2.75) is 34.6 Å². The second kappa shape index (κ2) is 9.80. The normalized spacial score (nSPS) is 12.7. The van der Waals surface area contributed by atoms with E-state index in [1.807, 2.05) is 0 Å². The highest BCUT2D eigenvalue weighted by atomic mass is 31.2. The van der Waals surface area contributed by atoms with Gasteiger partial charge in [-0.05, 0) is 34.3 Å². The first-order valence-electron chi connectivity index (χ1n) is 6.47. The maximum Gasteiger partial charge on any atom is 0.362 e. The molecule has 20 heavy (non-hydrogen) atoms. The molecule has 0 aliphatic rings. The van der Waals surface area contributed by atoms with Crippen LogP contribution in [0.4, 0.5) is 0 Å². The van der Waals surface area contributed by atoms with Gasteiger partial charge in [0.05, 0.1) is 24.9 Å². The van der Waals surface area contributed by atoms with Crippen LogP contribution in [0.1, 0.15) is 34.6 Å². The van der Waals surface area contributed by atoms with Crippen LogP contribution in [0.25, 0.3) is 0 Å². The third-order valence-corrected chi connectivity index (χ3v) is 4.06. The van der Waals surface area contributed by atoms with Gasteiger partial charge in [0.2, 0.25) is 0 Å². The highest BCUT2D eigenvalue weighted by Gasteiger charge is 2.32. The lowest BCUT2D eigenvalue weighted by Crippen LogP contribution is -2.16. The Morgan fingerprint density at radius 1 is 1.10 bits per heavy atom. The Morgan fingerprint density at radius 2 is 1.65 bits per heavy atom. The summed E-state index contributed by atoms with van der Waals surface area (Å²) in [6.07, 6.45) is 0. The largest absolute Gasteiger partial charge is 0.613 e. The minimum absolute atomic E-state index is 0.135. The molecular formula is C12H23NO6P-. The molecule has 0 aliphatic heterocycles. The molecule has 0 aliphatic carbocycles. The van der Waals surface area contributed by atoms with Crippen LogP contribution in [0.2, 0.25) is 0 Å². The molecule has 8 heteroatoms. The van der Waals surface area contributed by atoms with Crippen molar-refractivity contribution < 1.29 is 28.3 Å². The molecule has 0 saturated heterocycles. The van der Waals surface area contributed by atoms with Crippen LogP contribution in [-0.4, -0.2) is 32.1 Å². The molecule has 0 N–H and O–H groups in total. The summed E-state index contributed by atoms with van der Waals surface area (Å²) in [7, 11) is -3.73. The standard InChI is InChI=1S/C12H24NO6P/c1-6-16-12(14)11(9-17-13-10(4)5)20(15,18-7-2)19-8-3/h14H,6-9H2,1-5H3/p-1/b12-11-. The summed E-state index contributed by atoms with van der Waals surface area (Å²) in [5.74, 6) is -0.762. The number of oxime groups is 1. The molecule has 0 spiro atoms. The fraction of sp³-hybridized carbons (Fsp3) is 0.750. The van der Waals surface area contributed by atoms with Crippen molar-refractivity contribution in [3.05, 3.63) is 11.3 Å². The maximum atomic E-state index is 12.6. The van der Waals surface area contributed by atoms with Gasteiger partial charge < -0.3 is 23.7 Å². The minimum atomic E-state index is -3.73. The lowest BCUT2D eigenvalue weighted by atomic mass is 10.5. The van der Waals surface area contributed by atoms with Crippen LogP contribution in [0, 0.1) is 0 Å². The van der Waals surface area contributed by atoms with E-state index in [0.29, 0.717) is 5.71 Å². The van der Waals surface area contributed by atoms with Crippen molar-refractivity contribution in [1.82, 2.24) is 0 Å². The van der Waals surface area contributed by atoms with Crippen molar-refractivity contribution in [3.8, 4) is 0 Å². The molecule has 7 nitrogen and oxygen atoms in total. The second-order valence-corrected chi connectivity index (χ2v) is 5.86. The first-order valence-corrected chi connectivity index (χ1v) is 8.01. The topological polar surface area (TPSA) is 89.4 Å². The minimum Gasteiger partial charge on any atom is -0.613 e. The zero-order chi connectivity index (χ0) is 15.6. The third kappa shape index (κ3) is 6.41. The van der Waals surface area contributed by atoms with Crippen LogP contribution in [0.5, 0.6) is 0 Å². The first kappa shape index (κ1) is 19.0. The Hall–Kier alpha value is -1.04. The second-order valence-electron chi connectivity index (χ2n) is 3.81. The van der Waals surface area contributed by atoms with Gasteiger partial charge in [0.1, 0.15) is 5.31 Å². The number of hydrogen-bond acceptors (Lipinski definition) is 7. The summed E-state index contributed by atoms with van der Waals surface area (Å²) in [6.45, 7) is 8.54. The molecule has 118 valence electrons. The molecule has 0 saturated carbocycles. The number of ether oxygens (including phenoxy) is 1. The van der Waals surface area contributed by atoms with E-state index in [9.17, 15) is 9.67 Å². The predicted octanol–water partition coefficient (Wildman–Crippen LogP) is 2.23. The third-order valence-electron chi connectivity index (χ3n) is 1.89. The molecule has 0 unspecified atom stereocenters. The lowest BCUT2D eigenvalue weighted by Gasteiger charge is -2.24. The Labute approximate surface area is 120 Å². The summed E-state index contributed by atoms with van der Waals surface area (Å²) < 4.78 is 27.7. The van der Waals surface area contributed by atoms with E-state index in [0.717, 1.165) is 0 Å². The van der Waals surface area contributed by atoms with E-state index in [4.69, 9.17) is 18.6 Å². The summed E-state index contributed by atoms with van der Waals surface area (Å²) in [4.78, 5) is 4.98. The molecule has 0 rings (SSSR count). The molecule has 0 fully saturated rings. The molecule has 0 aromatic rings. The van der Waals surface area contributed by atoms with Gasteiger partial charge in [-0.3, -0.25) is 4.57 Å². The van der Waals surface area contributed by atoms with Crippen LogP contribution in [0.15, 0.2) is 16.4 Å². The fourth-order valence-electron chi connectivity index (χ4n) is 1.22. The van der Waals surface area contributed by atoms with E-state index >= 15 is 0 Å². The van der Waals surface area contributed by atoms with Gasteiger partial charge >= 0.3 is 7.60 Å². The monoisotopic (exact) mass is 308 g/mol. The van der Waals surface area contributed by atoms with Crippen LogP contribution in [0.3, 0.4) is 0 Å². The number of hydrogen-bond donors (Lipinski definition) is 0. The smallest absolute Gasteiger partial charge is 0.362 e. The van der Waals surface area contributed by atoms with Crippen molar-refractivity contribution in [1.29, 1.82) is 0 Å². The van der Waals surface area contributed by atoms with Crippen molar-refractivity contribution >= 4 is 13.3 Å². The SMILES string of the molecule is CCO/C([O-])=C(/CON=C(C)C)P(=O)(OCC)OCC. The first-order chi connectivity index (χ1) is 9.41. The molecule has 0 aromatic heterocycles. The Kier molecular flexibility index (Phi) is 9.29.